The van der Waals surface area contributed by atoms with Gasteiger partial charge in [0.15, 0.2) is 0 Å². The first-order valence-corrected chi connectivity index (χ1v) is 12.9. The summed E-state index contributed by atoms with van der Waals surface area (Å²) in [5, 5.41) is 13.2. The molecule has 2 amide bonds. The number of para-hydroxylation sites is 1. The van der Waals surface area contributed by atoms with Gasteiger partial charge in [-0.15, -0.1) is 0 Å². The number of ether oxygens (including phenoxy) is 1. The first-order valence-electron chi connectivity index (χ1n) is 12.9. The van der Waals surface area contributed by atoms with Gasteiger partial charge in [-0.1, -0.05) is 25.1 Å². The highest BCUT2D eigenvalue weighted by Crippen LogP contribution is 2.25. The number of pyridine rings is 1. The average molecular weight is 505 g/mol. The van der Waals surface area contributed by atoms with Crippen LogP contribution in [0.3, 0.4) is 0 Å². The minimum Gasteiger partial charge on any atom is -0.489 e. The average Bonchev–Trinajstić information content (AvgIpc) is 2.92. The molecule has 3 N–H and O–H groups in total. The standard InChI is InChI=1S/C29H36N4O4/c1-4-20(3)33-14-13-22(16-28(34)32-36)27(17-33)31-29(35)21-9-11-24(12-10-21)37-18-23-15-19(2)30-26-8-6-5-7-25(23)26/h5-12,15,20,22,27,36H,4,13-14,16-18H2,1-3H3,(H,31,35)(H,32,34)/t20?,22-,27+/m0/s1. The second kappa shape index (κ2) is 12.2. The maximum Gasteiger partial charge on any atom is 0.251 e. The molecule has 1 fully saturated rings. The summed E-state index contributed by atoms with van der Waals surface area (Å²) in [4.78, 5) is 31.9. The van der Waals surface area contributed by atoms with Gasteiger partial charge in [0.2, 0.25) is 5.91 Å². The van der Waals surface area contributed by atoms with Gasteiger partial charge in [-0.05, 0) is 75.5 Å². The van der Waals surface area contributed by atoms with Crippen LogP contribution in [0.4, 0.5) is 0 Å². The largest absolute Gasteiger partial charge is 0.489 e. The van der Waals surface area contributed by atoms with Gasteiger partial charge in [-0.25, -0.2) is 5.48 Å². The number of carbonyl (C=O) groups excluding carboxylic acids is 2. The fourth-order valence-corrected chi connectivity index (χ4v) is 5.01. The van der Waals surface area contributed by atoms with Crippen molar-refractivity contribution in [2.24, 2.45) is 5.92 Å². The van der Waals surface area contributed by atoms with Gasteiger partial charge in [0.05, 0.1) is 5.52 Å². The van der Waals surface area contributed by atoms with Crippen molar-refractivity contribution >= 4 is 22.7 Å². The minimum absolute atomic E-state index is 0.0438. The molecule has 0 radical (unpaired) electrons. The maximum atomic E-state index is 13.1. The number of hydroxylamine groups is 1. The van der Waals surface area contributed by atoms with Gasteiger partial charge in [-0.3, -0.25) is 24.7 Å². The summed E-state index contributed by atoms with van der Waals surface area (Å²) in [6, 6.07) is 17.3. The summed E-state index contributed by atoms with van der Waals surface area (Å²) in [5.41, 5.74) is 5.20. The number of aromatic nitrogens is 1. The number of fused-ring (bicyclic) bond motifs is 1. The molecule has 4 rings (SSSR count). The van der Waals surface area contributed by atoms with Crippen molar-refractivity contribution in [3.05, 3.63) is 71.4 Å². The molecule has 37 heavy (non-hydrogen) atoms. The molecule has 1 saturated heterocycles. The van der Waals surface area contributed by atoms with E-state index in [-0.39, 0.29) is 24.3 Å². The Balaban J connectivity index is 1.41. The molecular formula is C29H36N4O4. The number of piperidine rings is 1. The molecule has 1 unspecified atom stereocenters. The van der Waals surface area contributed by atoms with E-state index in [1.165, 1.54) is 0 Å². The van der Waals surface area contributed by atoms with E-state index in [2.05, 4.69) is 29.0 Å². The Kier molecular flexibility index (Phi) is 8.74. The van der Waals surface area contributed by atoms with Gasteiger partial charge >= 0.3 is 0 Å². The third-order valence-corrected chi connectivity index (χ3v) is 7.33. The van der Waals surface area contributed by atoms with Crippen molar-refractivity contribution in [3.8, 4) is 5.75 Å². The minimum atomic E-state index is -0.431. The Bertz CT molecular complexity index is 1230. The zero-order valence-corrected chi connectivity index (χ0v) is 21.7. The van der Waals surface area contributed by atoms with E-state index >= 15 is 0 Å². The Labute approximate surface area is 218 Å². The fourth-order valence-electron chi connectivity index (χ4n) is 5.01. The SMILES string of the molecule is CCC(C)N1CC[C@@H](CC(=O)NO)[C@H](NC(=O)c2ccc(OCc3cc(C)nc4ccccc34)cc2)C1. The predicted octanol–water partition coefficient (Wildman–Crippen LogP) is 4.24. The van der Waals surface area contributed by atoms with Gasteiger partial charge < -0.3 is 10.1 Å². The monoisotopic (exact) mass is 504 g/mol. The Hall–Kier alpha value is -3.49. The summed E-state index contributed by atoms with van der Waals surface area (Å²) in [6.45, 7) is 8.23. The summed E-state index contributed by atoms with van der Waals surface area (Å²) in [7, 11) is 0. The van der Waals surface area contributed by atoms with Crippen LogP contribution < -0.4 is 15.5 Å². The fraction of sp³-hybridized carbons (Fsp3) is 0.414. The highest BCUT2D eigenvalue weighted by atomic mass is 16.5. The zero-order chi connectivity index (χ0) is 26.4. The van der Waals surface area contributed by atoms with Crippen LogP contribution in [0.1, 0.15) is 54.7 Å². The van der Waals surface area contributed by atoms with E-state index in [1.807, 2.05) is 37.3 Å². The number of hydrogen-bond acceptors (Lipinski definition) is 6. The molecule has 1 aliphatic heterocycles. The van der Waals surface area contributed by atoms with Gasteiger partial charge in [0.25, 0.3) is 5.91 Å². The molecule has 196 valence electrons. The van der Waals surface area contributed by atoms with Gasteiger partial charge in [-0.2, -0.15) is 0 Å². The first-order chi connectivity index (χ1) is 17.9. The summed E-state index contributed by atoms with van der Waals surface area (Å²) in [6.07, 6.45) is 1.96. The number of aryl methyl sites for hydroxylation is 1. The van der Waals surface area contributed by atoms with Crippen molar-refractivity contribution < 1.29 is 19.5 Å². The Morgan fingerprint density at radius 1 is 1.19 bits per heavy atom. The lowest BCUT2D eigenvalue weighted by Crippen LogP contribution is -2.55. The van der Waals surface area contributed by atoms with Crippen molar-refractivity contribution in [1.82, 2.24) is 20.7 Å². The highest BCUT2D eigenvalue weighted by Gasteiger charge is 2.33. The maximum absolute atomic E-state index is 13.1. The molecule has 0 spiro atoms. The normalized spacial score (nSPS) is 18.8. The molecule has 8 nitrogen and oxygen atoms in total. The smallest absolute Gasteiger partial charge is 0.251 e. The third kappa shape index (κ3) is 6.64. The summed E-state index contributed by atoms with van der Waals surface area (Å²) in [5.74, 6) is 0.0125. The lowest BCUT2D eigenvalue weighted by Gasteiger charge is -2.41. The van der Waals surface area contributed by atoms with Crippen LogP contribution >= 0.6 is 0 Å². The number of benzene rings is 2. The predicted molar refractivity (Wildman–Crippen MR) is 142 cm³/mol. The van der Waals surface area contributed by atoms with E-state index in [0.717, 1.165) is 41.5 Å². The number of nitrogens with zero attached hydrogens (tertiary/aromatic N) is 2. The summed E-state index contributed by atoms with van der Waals surface area (Å²) < 4.78 is 6.03. The molecule has 1 aromatic heterocycles. The lowest BCUT2D eigenvalue weighted by molar-refractivity contribution is -0.130. The molecule has 2 aromatic carbocycles. The lowest BCUT2D eigenvalue weighted by atomic mass is 9.87. The molecule has 0 bridgehead atoms. The quantitative estimate of drug-likeness (QED) is 0.298. The molecular weight excluding hydrogens is 468 g/mol. The molecule has 8 heteroatoms. The van der Waals surface area contributed by atoms with Crippen LogP contribution in [0.25, 0.3) is 10.9 Å². The molecule has 3 atom stereocenters. The van der Waals surface area contributed by atoms with E-state index in [0.29, 0.717) is 30.5 Å². The zero-order valence-electron chi connectivity index (χ0n) is 21.7. The number of nitrogens with one attached hydrogen (secondary N) is 2. The van der Waals surface area contributed by atoms with Gasteiger partial charge in [0, 0.05) is 47.3 Å². The Morgan fingerprint density at radius 3 is 2.68 bits per heavy atom. The number of carbonyl (C=O) groups is 2. The van der Waals surface area contributed by atoms with E-state index in [1.54, 1.807) is 29.7 Å². The van der Waals surface area contributed by atoms with Crippen LogP contribution in [0.5, 0.6) is 5.75 Å². The highest BCUT2D eigenvalue weighted by molar-refractivity contribution is 5.94. The second-order valence-electron chi connectivity index (χ2n) is 9.87. The van der Waals surface area contributed by atoms with Gasteiger partial charge in [0.1, 0.15) is 12.4 Å². The number of likely N-dealkylation sites (tertiary alicyclic amines) is 1. The number of hydrogen-bond donors (Lipinski definition) is 3. The van der Waals surface area contributed by atoms with E-state index < -0.39 is 5.91 Å². The molecule has 1 aliphatic rings. The number of rotatable bonds is 9. The third-order valence-electron chi connectivity index (χ3n) is 7.33. The molecule has 0 saturated carbocycles. The van der Waals surface area contributed by atoms with Crippen molar-refractivity contribution in [3.63, 3.8) is 0 Å². The molecule has 2 heterocycles. The topological polar surface area (TPSA) is 104 Å². The second-order valence-corrected chi connectivity index (χ2v) is 9.87. The number of amides is 2. The molecule has 0 aliphatic carbocycles. The van der Waals surface area contributed by atoms with Crippen LogP contribution in [-0.4, -0.2) is 52.1 Å². The van der Waals surface area contributed by atoms with Crippen molar-refractivity contribution in [1.29, 1.82) is 0 Å². The van der Waals surface area contributed by atoms with Crippen LogP contribution in [-0.2, 0) is 11.4 Å². The van der Waals surface area contributed by atoms with Crippen molar-refractivity contribution in [2.75, 3.05) is 13.1 Å². The van der Waals surface area contributed by atoms with Crippen LogP contribution in [0.15, 0.2) is 54.6 Å². The van der Waals surface area contributed by atoms with E-state index in [9.17, 15) is 9.59 Å². The van der Waals surface area contributed by atoms with E-state index in [4.69, 9.17) is 9.94 Å². The van der Waals surface area contributed by atoms with Crippen LogP contribution in [0.2, 0.25) is 0 Å². The molecule has 3 aromatic rings. The van der Waals surface area contributed by atoms with Crippen LogP contribution in [0, 0.1) is 12.8 Å². The Morgan fingerprint density at radius 2 is 1.95 bits per heavy atom. The summed E-state index contributed by atoms with van der Waals surface area (Å²) >= 11 is 0. The first kappa shape index (κ1) is 26.6. The van der Waals surface area contributed by atoms with Crippen molar-refractivity contribution in [2.45, 2.75) is 58.7 Å².